The van der Waals surface area contributed by atoms with E-state index in [9.17, 15) is 0 Å². The highest BCUT2D eigenvalue weighted by Crippen LogP contribution is 2.37. The van der Waals surface area contributed by atoms with Gasteiger partial charge in [0.1, 0.15) is 11.2 Å². The Balaban J connectivity index is 1.16. The van der Waals surface area contributed by atoms with Crippen LogP contribution in [-0.2, 0) is 0 Å². The van der Waals surface area contributed by atoms with E-state index in [4.69, 9.17) is 19.4 Å². The van der Waals surface area contributed by atoms with Crippen LogP contribution in [-0.4, -0.2) is 19.5 Å². The van der Waals surface area contributed by atoms with Crippen LogP contribution in [0, 0.1) is 0 Å². The van der Waals surface area contributed by atoms with Gasteiger partial charge in [-0.05, 0) is 71.4 Å². The maximum absolute atomic E-state index is 6.41. The van der Waals surface area contributed by atoms with Crippen molar-refractivity contribution in [2.24, 2.45) is 0 Å². The first kappa shape index (κ1) is 26.6. The maximum Gasteiger partial charge on any atom is 0.164 e. The standard InChI is InChI=1S/C43H26N4O/c1-3-11-27(12-4-1)41-44-42(30-20-22-38-35(24-30)33-17-9-10-18-37(33)47(38)32-15-5-2-6-16-32)46-43(45-41)31-19-21-34-36-23-28-13-7-8-14-29(28)25-40(36)48-39(34)26-31/h1-26H. The highest BCUT2D eigenvalue weighted by atomic mass is 16.3. The fraction of sp³-hybridized carbons (Fsp3) is 0. The van der Waals surface area contributed by atoms with Crippen LogP contribution in [0.1, 0.15) is 0 Å². The molecule has 0 radical (unpaired) electrons. The summed E-state index contributed by atoms with van der Waals surface area (Å²) in [4.78, 5) is 15.1. The second kappa shape index (κ2) is 10.5. The zero-order valence-corrected chi connectivity index (χ0v) is 25.7. The van der Waals surface area contributed by atoms with Crippen LogP contribution in [0.15, 0.2) is 162 Å². The molecular formula is C43H26N4O. The fourth-order valence-corrected chi connectivity index (χ4v) is 6.92. The van der Waals surface area contributed by atoms with E-state index in [-0.39, 0.29) is 0 Å². The Kier molecular flexibility index (Phi) is 5.81. The van der Waals surface area contributed by atoms with Crippen LogP contribution in [0.5, 0.6) is 0 Å². The molecule has 0 aliphatic rings. The van der Waals surface area contributed by atoms with Crippen molar-refractivity contribution < 1.29 is 4.42 Å². The van der Waals surface area contributed by atoms with E-state index in [2.05, 4.69) is 120 Å². The number of nitrogens with zero attached hydrogens (tertiary/aromatic N) is 4. The lowest BCUT2D eigenvalue weighted by atomic mass is 10.1. The molecule has 0 saturated carbocycles. The summed E-state index contributed by atoms with van der Waals surface area (Å²) in [5.41, 5.74) is 7.81. The van der Waals surface area contributed by atoms with E-state index in [0.29, 0.717) is 17.5 Å². The minimum Gasteiger partial charge on any atom is -0.456 e. The van der Waals surface area contributed by atoms with E-state index in [1.807, 2.05) is 42.5 Å². The number of furan rings is 1. The first-order valence-corrected chi connectivity index (χ1v) is 16.0. The van der Waals surface area contributed by atoms with Gasteiger partial charge in [0.25, 0.3) is 0 Å². The average Bonchev–Trinajstić information content (AvgIpc) is 3.68. The summed E-state index contributed by atoms with van der Waals surface area (Å²) in [5, 5.41) is 6.83. The van der Waals surface area contributed by atoms with Gasteiger partial charge in [-0.1, -0.05) is 97.1 Å². The zero-order valence-electron chi connectivity index (χ0n) is 25.7. The van der Waals surface area contributed by atoms with Crippen molar-refractivity contribution in [2.75, 3.05) is 0 Å². The molecule has 5 nitrogen and oxygen atoms in total. The molecule has 0 N–H and O–H groups in total. The largest absolute Gasteiger partial charge is 0.456 e. The van der Waals surface area contributed by atoms with Gasteiger partial charge < -0.3 is 8.98 Å². The quantitative estimate of drug-likeness (QED) is 0.198. The Morgan fingerprint density at radius 3 is 1.75 bits per heavy atom. The predicted molar refractivity (Wildman–Crippen MR) is 195 cm³/mol. The number of rotatable bonds is 4. The summed E-state index contributed by atoms with van der Waals surface area (Å²) in [6.07, 6.45) is 0. The van der Waals surface area contributed by atoms with Crippen molar-refractivity contribution in [3.63, 3.8) is 0 Å². The number of para-hydroxylation sites is 2. The highest BCUT2D eigenvalue weighted by molar-refractivity contribution is 6.11. The molecule has 48 heavy (non-hydrogen) atoms. The molecular weight excluding hydrogens is 589 g/mol. The van der Waals surface area contributed by atoms with Crippen molar-refractivity contribution >= 4 is 54.5 Å². The smallest absolute Gasteiger partial charge is 0.164 e. The minimum atomic E-state index is 0.596. The van der Waals surface area contributed by atoms with Gasteiger partial charge >= 0.3 is 0 Å². The summed E-state index contributed by atoms with van der Waals surface area (Å²) in [7, 11) is 0. The number of benzene rings is 7. The Hall–Kier alpha value is -6.59. The third-order valence-corrected chi connectivity index (χ3v) is 9.21. The summed E-state index contributed by atoms with van der Waals surface area (Å²) < 4.78 is 8.72. The normalized spacial score (nSPS) is 11.8. The fourth-order valence-electron chi connectivity index (χ4n) is 6.92. The molecule has 10 aromatic rings. The summed E-state index contributed by atoms with van der Waals surface area (Å²) in [6, 6.07) is 54.5. The number of aromatic nitrogens is 4. The van der Waals surface area contributed by atoms with Crippen molar-refractivity contribution in [3.05, 3.63) is 158 Å². The maximum atomic E-state index is 6.41. The Labute approximate surface area is 275 Å². The zero-order chi connectivity index (χ0) is 31.6. The molecule has 7 aromatic carbocycles. The Morgan fingerprint density at radius 2 is 0.958 bits per heavy atom. The molecule has 0 atom stereocenters. The van der Waals surface area contributed by atoms with Gasteiger partial charge in [-0.25, -0.2) is 15.0 Å². The van der Waals surface area contributed by atoms with E-state index >= 15 is 0 Å². The molecule has 0 aliphatic carbocycles. The second-order valence-electron chi connectivity index (χ2n) is 12.1. The SMILES string of the molecule is c1ccc(-c2nc(-c3ccc4c(c3)oc3cc5ccccc5cc34)nc(-c3ccc4c(c3)c3ccccc3n4-c3ccccc3)n2)cc1. The number of fused-ring (bicyclic) bond motifs is 7. The topological polar surface area (TPSA) is 56.7 Å². The van der Waals surface area contributed by atoms with Crippen LogP contribution in [0.2, 0.25) is 0 Å². The molecule has 3 aromatic heterocycles. The van der Waals surface area contributed by atoms with E-state index in [1.165, 1.54) is 10.8 Å². The number of hydrogen-bond acceptors (Lipinski definition) is 4. The molecule has 0 saturated heterocycles. The Bertz CT molecular complexity index is 2830. The lowest BCUT2D eigenvalue weighted by Gasteiger charge is -2.10. The third-order valence-electron chi connectivity index (χ3n) is 9.21. The lowest BCUT2D eigenvalue weighted by Crippen LogP contribution is -2.00. The van der Waals surface area contributed by atoms with Gasteiger partial charge in [0.15, 0.2) is 17.5 Å². The van der Waals surface area contributed by atoms with Gasteiger partial charge in [0.2, 0.25) is 0 Å². The third kappa shape index (κ3) is 4.22. The molecule has 0 spiro atoms. The molecule has 5 heteroatoms. The average molecular weight is 615 g/mol. The second-order valence-corrected chi connectivity index (χ2v) is 12.1. The van der Waals surface area contributed by atoms with Crippen molar-refractivity contribution in [1.29, 1.82) is 0 Å². The first-order valence-electron chi connectivity index (χ1n) is 16.0. The number of hydrogen-bond donors (Lipinski definition) is 0. The van der Waals surface area contributed by atoms with E-state index < -0.39 is 0 Å². The van der Waals surface area contributed by atoms with Crippen LogP contribution >= 0.6 is 0 Å². The van der Waals surface area contributed by atoms with Gasteiger partial charge in [-0.15, -0.1) is 0 Å². The molecule has 0 fully saturated rings. The molecule has 0 aliphatic heterocycles. The van der Waals surface area contributed by atoms with Crippen LogP contribution in [0.3, 0.4) is 0 Å². The van der Waals surface area contributed by atoms with Crippen molar-refractivity contribution in [1.82, 2.24) is 19.5 Å². The highest BCUT2D eigenvalue weighted by Gasteiger charge is 2.17. The van der Waals surface area contributed by atoms with E-state index in [0.717, 1.165) is 66.1 Å². The van der Waals surface area contributed by atoms with Gasteiger partial charge in [-0.2, -0.15) is 0 Å². The first-order chi connectivity index (χ1) is 23.8. The minimum absolute atomic E-state index is 0.596. The monoisotopic (exact) mass is 614 g/mol. The molecule has 0 amide bonds. The molecule has 10 rings (SSSR count). The van der Waals surface area contributed by atoms with Crippen LogP contribution < -0.4 is 0 Å². The van der Waals surface area contributed by atoms with Crippen LogP contribution in [0.25, 0.3) is 94.4 Å². The van der Waals surface area contributed by atoms with Crippen LogP contribution in [0.4, 0.5) is 0 Å². The van der Waals surface area contributed by atoms with Crippen molar-refractivity contribution in [3.8, 4) is 39.9 Å². The van der Waals surface area contributed by atoms with Gasteiger partial charge in [0.05, 0.1) is 11.0 Å². The van der Waals surface area contributed by atoms with E-state index in [1.54, 1.807) is 0 Å². The predicted octanol–water partition coefficient (Wildman–Crippen LogP) is 11.0. The molecule has 224 valence electrons. The lowest BCUT2D eigenvalue weighted by molar-refractivity contribution is 0.669. The van der Waals surface area contributed by atoms with Gasteiger partial charge in [-0.3, -0.25) is 0 Å². The summed E-state index contributed by atoms with van der Waals surface area (Å²) in [5.74, 6) is 1.84. The molecule has 3 heterocycles. The Morgan fingerprint density at radius 1 is 0.375 bits per heavy atom. The van der Waals surface area contributed by atoms with Crippen molar-refractivity contribution in [2.45, 2.75) is 0 Å². The summed E-state index contributed by atoms with van der Waals surface area (Å²) >= 11 is 0. The molecule has 0 unspecified atom stereocenters. The van der Waals surface area contributed by atoms with Gasteiger partial charge in [0, 0.05) is 43.9 Å². The molecule has 0 bridgehead atoms. The summed E-state index contributed by atoms with van der Waals surface area (Å²) in [6.45, 7) is 0.